The maximum Gasteiger partial charge on any atom is 0.252 e. The van der Waals surface area contributed by atoms with Crippen LogP contribution in [-0.4, -0.2) is 5.24 Å². The molecule has 0 amide bonds. The van der Waals surface area contributed by atoms with Gasteiger partial charge in [-0.1, -0.05) is 39.8 Å². The molecule has 0 saturated heterocycles. The quantitative estimate of drug-likeness (QED) is 0.675. The number of halogens is 1. The van der Waals surface area contributed by atoms with Gasteiger partial charge in [0.25, 0.3) is 5.24 Å². The molecule has 0 unspecified atom stereocenters. The first-order valence-electron chi connectivity index (χ1n) is 6.09. The molecule has 0 fully saturated rings. The molecule has 92 valence electrons. The van der Waals surface area contributed by atoms with Crippen molar-refractivity contribution in [3.63, 3.8) is 0 Å². The fraction of sp³-hybridized carbons (Fsp3) is 0.533. The van der Waals surface area contributed by atoms with E-state index in [2.05, 4.69) is 33.8 Å². The third kappa shape index (κ3) is 2.01. The Labute approximate surface area is 108 Å². The van der Waals surface area contributed by atoms with Crippen molar-refractivity contribution in [1.82, 2.24) is 0 Å². The van der Waals surface area contributed by atoms with Gasteiger partial charge in [0.2, 0.25) is 0 Å². The summed E-state index contributed by atoms with van der Waals surface area (Å²) >= 11 is 5.72. The van der Waals surface area contributed by atoms with Crippen molar-refractivity contribution in [2.45, 2.75) is 51.4 Å². The lowest BCUT2D eigenvalue weighted by Crippen LogP contribution is -2.35. The van der Waals surface area contributed by atoms with E-state index in [-0.39, 0.29) is 16.1 Å². The second-order valence-electron chi connectivity index (χ2n) is 6.27. The number of benzene rings is 1. The SMILES string of the molecule is CC1(C)CCC(C)(C)c2c(C(=O)Cl)cccc21. The molecule has 0 radical (unpaired) electrons. The number of rotatable bonds is 1. The van der Waals surface area contributed by atoms with E-state index in [9.17, 15) is 4.79 Å². The average Bonchev–Trinajstić information content (AvgIpc) is 2.24. The minimum atomic E-state index is -0.340. The van der Waals surface area contributed by atoms with Crippen LogP contribution in [0.5, 0.6) is 0 Å². The molecule has 0 aromatic heterocycles. The van der Waals surface area contributed by atoms with Crippen molar-refractivity contribution in [2.75, 3.05) is 0 Å². The minimum Gasteiger partial charge on any atom is -0.276 e. The standard InChI is InChI=1S/C15H19ClO/c1-14(2)8-9-15(3,4)12-10(13(16)17)6-5-7-11(12)14/h5-7H,8-9H2,1-4H3. The highest BCUT2D eigenvalue weighted by molar-refractivity contribution is 6.68. The Balaban J connectivity index is 2.76. The molecule has 0 N–H and O–H groups in total. The summed E-state index contributed by atoms with van der Waals surface area (Å²) in [6.45, 7) is 8.88. The van der Waals surface area contributed by atoms with E-state index in [4.69, 9.17) is 11.6 Å². The maximum absolute atomic E-state index is 11.6. The van der Waals surface area contributed by atoms with E-state index >= 15 is 0 Å². The molecule has 0 atom stereocenters. The molecule has 1 aromatic carbocycles. The zero-order valence-electron chi connectivity index (χ0n) is 10.9. The van der Waals surface area contributed by atoms with Gasteiger partial charge >= 0.3 is 0 Å². The van der Waals surface area contributed by atoms with Crippen LogP contribution in [0.2, 0.25) is 0 Å². The summed E-state index contributed by atoms with van der Waals surface area (Å²) in [4.78, 5) is 11.6. The molecule has 0 aliphatic heterocycles. The molecule has 2 heteroatoms. The predicted molar refractivity (Wildman–Crippen MR) is 71.9 cm³/mol. The fourth-order valence-electron chi connectivity index (χ4n) is 2.89. The second kappa shape index (κ2) is 3.84. The van der Waals surface area contributed by atoms with Gasteiger partial charge in [0, 0.05) is 5.56 Å². The topological polar surface area (TPSA) is 17.1 Å². The molecule has 0 bridgehead atoms. The molecule has 0 saturated carbocycles. The number of carbonyl (C=O) groups excluding carboxylic acids is 1. The molecule has 0 spiro atoms. The van der Waals surface area contributed by atoms with Crippen molar-refractivity contribution >= 4 is 16.8 Å². The Hall–Kier alpha value is -0.820. The number of carbonyl (C=O) groups is 1. The zero-order valence-corrected chi connectivity index (χ0v) is 11.7. The van der Waals surface area contributed by atoms with Crippen molar-refractivity contribution in [1.29, 1.82) is 0 Å². The molecule has 2 rings (SSSR count). The van der Waals surface area contributed by atoms with E-state index in [1.165, 1.54) is 5.56 Å². The number of hydrogen-bond acceptors (Lipinski definition) is 1. The van der Waals surface area contributed by atoms with Crippen molar-refractivity contribution in [2.24, 2.45) is 0 Å². The Morgan fingerprint density at radius 3 is 2.29 bits per heavy atom. The largest absolute Gasteiger partial charge is 0.276 e. The van der Waals surface area contributed by atoms with E-state index in [1.54, 1.807) is 0 Å². The van der Waals surface area contributed by atoms with Crippen molar-refractivity contribution in [3.05, 3.63) is 34.9 Å². The van der Waals surface area contributed by atoms with Gasteiger partial charge in [-0.05, 0) is 52.5 Å². The molecule has 1 aromatic rings. The van der Waals surface area contributed by atoms with E-state index in [1.807, 2.05) is 12.1 Å². The van der Waals surface area contributed by atoms with Crippen LogP contribution in [0.3, 0.4) is 0 Å². The third-order valence-corrected chi connectivity index (χ3v) is 4.26. The Bertz CT molecular complexity index is 472. The van der Waals surface area contributed by atoms with Gasteiger partial charge < -0.3 is 0 Å². The molecule has 1 aliphatic carbocycles. The fourth-order valence-corrected chi connectivity index (χ4v) is 3.05. The van der Waals surface area contributed by atoms with Crippen molar-refractivity contribution in [3.8, 4) is 0 Å². The lowest BCUT2D eigenvalue weighted by atomic mass is 9.62. The molecule has 0 heterocycles. The van der Waals surface area contributed by atoms with Crippen LogP contribution in [0.25, 0.3) is 0 Å². The van der Waals surface area contributed by atoms with Crippen molar-refractivity contribution < 1.29 is 4.79 Å². The molecule has 1 aliphatic rings. The second-order valence-corrected chi connectivity index (χ2v) is 6.61. The highest BCUT2D eigenvalue weighted by atomic mass is 35.5. The maximum atomic E-state index is 11.6. The Kier molecular flexibility index (Phi) is 2.86. The van der Waals surface area contributed by atoms with E-state index < -0.39 is 0 Å². The Morgan fingerprint density at radius 1 is 1.12 bits per heavy atom. The average molecular weight is 251 g/mol. The lowest BCUT2D eigenvalue weighted by Gasteiger charge is -2.42. The zero-order chi connectivity index (χ0) is 12.8. The summed E-state index contributed by atoms with van der Waals surface area (Å²) < 4.78 is 0. The van der Waals surface area contributed by atoms with Crippen LogP contribution in [0.15, 0.2) is 18.2 Å². The predicted octanol–water partition coefficient (Wildman–Crippen LogP) is 4.41. The third-order valence-electron chi connectivity index (χ3n) is 4.06. The van der Waals surface area contributed by atoms with Gasteiger partial charge in [-0.3, -0.25) is 4.79 Å². The van der Waals surface area contributed by atoms with Gasteiger partial charge in [-0.15, -0.1) is 0 Å². The summed E-state index contributed by atoms with van der Waals surface area (Å²) in [5, 5.41) is -0.340. The van der Waals surface area contributed by atoms with Gasteiger partial charge in [0.1, 0.15) is 0 Å². The summed E-state index contributed by atoms with van der Waals surface area (Å²) in [5.41, 5.74) is 3.28. The molecular formula is C15H19ClO. The first-order valence-corrected chi connectivity index (χ1v) is 6.47. The number of fused-ring (bicyclic) bond motifs is 1. The number of hydrogen-bond donors (Lipinski definition) is 0. The van der Waals surface area contributed by atoms with Gasteiger partial charge in [0.15, 0.2) is 0 Å². The van der Waals surface area contributed by atoms with Crippen LogP contribution in [-0.2, 0) is 10.8 Å². The van der Waals surface area contributed by atoms with Crippen LogP contribution in [0, 0.1) is 0 Å². The summed E-state index contributed by atoms with van der Waals surface area (Å²) in [5.74, 6) is 0. The molecule has 1 nitrogen and oxygen atoms in total. The normalized spacial score (nSPS) is 20.8. The van der Waals surface area contributed by atoms with Gasteiger partial charge in [-0.2, -0.15) is 0 Å². The minimum absolute atomic E-state index is 0.0337. The monoisotopic (exact) mass is 250 g/mol. The highest BCUT2D eigenvalue weighted by Crippen LogP contribution is 2.47. The molecular weight excluding hydrogens is 232 g/mol. The van der Waals surface area contributed by atoms with Gasteiger partial charge in [-0.25, -0.2) is 0 Å². The first kappa shape index (κ1) is 12.6. The summed E-state index contributed by atoms with van der Waals surface area (Å²) in [6.07, 6.45) is 2.24. The highest BCUT2D eigenvalue weighted by Gasteiger charge is 2.39. The Morgan fingerprint density at radius 2 is 1.71 bits per heavy atom. The van der Waals surface area contributed by atoms with Crippen LogP contribution >= 0.6 is 11.6 Å². The van der Waals surface area contributed by atoms with Gasteiger partial charge in [0.05, 0.1) is 0 Å². The molecule has 17 heavy (non-hydrogen) atoms. The van der Waals surface area contributed by atoms with Crippen LogP contribution < -0.4 is 0 Å². The van der Waals surface area contributed by atoms with Crippen LogP contribution in [0.4, 0.5) is 0 Å². The van der Waals surface area contributed by atoms with E-state index in [0.717, 1.165) is 18.4 Å². The van der Waals surface area contributed by atoms with E-state index in [0.29, 0.717) is 5.56 Å². The van der Waals surface area contributed by atoms with Crippen LogP contribution in [0.1, 0.15) is 62.0 Å². The smallest absolute Gasteiger partial charge is 0.252 e. The lowest BCUT2D eigenvalue weighted by molar-refractivity contribution is 0.107. The summed E-state index contributed by atoms with van der Waals surface area (Å²) in [7, 11) is 0. The summed E-state index contributed by atoms with van der Waals surface area (Å²) in [6, 6.07) is 5.93. The first-order chi connectivity index (χ1) is 7.76.